The molecular formula is C12H16N2S. The molecular weight excluding hydrogens is 204 g/mol. The van der Waals surface area contributed by atoms with E-state index >= 15 is 0 Å². The number of thioether (sulfide) groups is 1. The number of aromatic nitrogens is 1. The minimum Gasteiger partial charge on any atom is -0.347 e. The molecule has 15 heavy (non-hydrogen) atoms. The zero-order chi connectivity index (χ0) is 10.8. The molecule has 80 valence electrons. The Hall–Kier alpha value is -0.930. The number of hydrogen-bond acceptors (Lipinski definition) is 2. The molecule has 2 nitrogen and oxygen atoms in total. The quantitative estimate of drug-likeness (QED) is 0.861. The number of benzene rings is 1. The third-order valence-electron chi connectivity index (χ3n) is 2.74. The van der Waals surface area contributed by atoms with E-state index in [2.05, 4.69) is 42.1 Å². The van der Waals surface area contributed by atoms with Crippen LogP contribution in [0.1, 0.15) is 11.3 Å². The lowest BCUT2D eigenvalue weighted by Gasteiger charge is -2.03. The molecule has 0 bridgehead atoms. The van der Waals surface area contributed by atoms with Gasteiger partial charge in [-0.25, -0.2) is 0 Å². The maximum absolute atomic E-state index is 5.64. The van der Waals surface area contributed by atoms with Gasteiger partial charge in [0.15, 0.2) is 0 Å². The Kier molecular flexibility index (Phi) is 3.03. The lowest BCUT2D eigenvalue weighted by atomic mass is 10.1. The van der Waals surface area contributed by atoms with Gasteiger partial charge in [0.05, 0.1) is 0 Å². The monoisotopic (exact) mass is 220 g/mol. The van der Waals surface area contributed by atoms with Crippen molar-refractivity contribution in [1.82, 2.24) is 4.57 Å². The molecule has 0 radical (unpaired) electrons. The van der Waals surface area contributed by atoms with Crippen LogP contribution in [0.25, 0.3) is 10.9 Å². The zero-order valence-electron chi connectivity index (χ0n) is 9.16. The Morgan fingerprint density at radius 3 is 2.80 bits per heavy atom. The number of rotatable bonds is 3. The first-order chi connectivity index (χ1) is 7.26. The van der Waals surface area contributed by atoms with Gasteiger partial charge >= 0.3 is 0 Å². The second-order valence-electron chi connectivity index (χ2n) is 3.72. The van der Waals surface area contributed by atoms with E-state index in [1.165, 1.54) is 22.2 Å². The standard InChI is InChI=1S/C12H16N2S/c1-14-11(8-15-2)6-10-4-3-9(7-13)5-12(10)14/h3-6H,7-8,13H2,1-2H3. The number of hydrogen-bond donors (Lipinski definition) is 1. The van der Waals surface area contributed by atoms with Crippen molar-refractivity contribution in [3.8, 4) is 0 Å². The summed E-state index contributed by atoms with van der Waals surface area (Å²) in [7, 11) is 2.12. The number of aryl methyl sites for hydroxylation is 1. The van der Waals surface area contributed by atoms with Crippen LogP contribution in [0.3, 0.4) is 0 Å². The van der Waals surface area contributed by atoms with Gasteiger partial charge in [0.1, 0.15) is 0 Å². The molecule has 0 atom stereocenters. The second-order valence-corrected chi connectivity index (χ2v) is 4.59. The van der Waals surface area contributed by atoms with Crippen molar-refractivity contribution in [1.29, 1.82) is 0 Å². The summed E-state index contributed by atoms with van der Waals surface area (Å²) in [6, 6.07) is 8.69. The van der Waals surface area contributed by atoms with Gasteiger partial charge in [-0.15, -0.1) is 0 Å². The van der Waals surface area contributed by atoms with Crippen LogP contribution in [0.4, 0.5) is 0 Å². The maximum atomic E-state index is 5.64. The highest BCUT2D eigenvalue weighted by molar-refractivity contribution is 7.97. The highest BCUT2D eigenvalue weighted by Crippen LogP contribution is 2.22. The summed E-state index contributed by atoms with van der Waals surface area (Å²) in [6.07, 6.45) is 2.13. The van der Waals surface area contributed by atoms with Gasteiger partial charge in [-0.2, -0.15) is 11.8 Å². The van der Waals surface area contributed by atoms with E-state index in [0.29, 0.717) is 6.54 Å². The SMILES string of the molecule is CSCc1cc2ccc(CN)cc2n1C. The molecule has 0 amide bonds. The summed E-state index contributed by atoms with van der Waals surface area (Å²) in [4.78, 5) is 0. The molecule has 0 aliphatic rings. The lowest BCUT2D eigenvalue weighted by Crippen LogP contribution is -1.97. The summed E-state index contributed by atoms with van der Waals surface area (Å²) < 4.78 is 2.25. The highest BCUT2D eigenvalue weighted by Gasteiger charge is 2.05. The number of nitrogens with two attached hydrogens (primary N) is 1. The molecule has 2 N–H and O–H groups in total. The van der Waals surface area contributed by atoms with Crippen molar-refractivity contribution in [3.05, 3.63) is 35.5 Å². The summed E-state index contributed by atoms with van der Waals surface area (Å²) in [5.74, 6) is 1.06. The first-order valence-electron chi connectivity index (χ1n) is 5.02. The molecule has 1 heterocycles. The highest BCUT2D eigenvalue weighted by atomic mass is 32.2. The topological polar surface area (TPSA) is 30.9 Å². The molecule has 3 heteroatoms. The van der Waals surface area contributed by atoms with E-state index in [1.807, 2.05) is 11.8 Å². The summed E-state index contributed by atoms with van der Waals surface area (Å²) >= 11 is 1.85. The van der Waals surface area contributed by atoms with Crippen molar-refractivity contribution in [2.75, 3.05) is 6.26 Å². The van der Waals surface area contributed by atoms with Gasteiger partial charge in [-0.3, -0.25) is 0 Å². The largest absolute Gasteiger partial charge is 0.347 e. The van der Waals surface area contributed by atoms with Crippen molar-refractivity contribution in [2.24, 2.45) is 12.8 Å². The molecule has 0 aliphatic heterocycles. The van der Waals surface area contributed by atoms with Crippen molar-refractivity contribution in [3.63, 3.8) is 0 Å². The van der Waals surface area contributed by atoms with E-state index in [0.717, 1.165) is 5.75 Å². The Bertz CT molecular complexity index is 474. The third kappa shape index (κ3) is 1.90. The molecule has 1 aromatic carbocycles. The fourth-order valence-corrected chi connectivity index (χ4v) is 2.42. The Labute approximate surface area is 94.5 Å². The van der Waals surface area contributed by atoms with Crippen LogP contribution in [-0.4, -0.2) is 10.8 Å². The summed E-state index contributed by atoms with van der Waals surface area (Å²) in [5.41, 5.74) is 9.48. The van der Waals surface area contributed by atoms with Crippen LogP contribution in [0.5, 0.6) is 0 Å². The summed E-state index contributed by atoms with van der Waals surface area (Å²) in [5, 5.41) is 1.30. The fourth-order valence-electron chi connectivity index (χ4n) is 1.85. The molecule has 0 unspecified atom stereocenters. The van der Waals surface area contributed by atoms with E-state index in [-0.39, 0.29) is 0 Å². The molecule has 0 spiro atoms. The van der Waals surface area contributed by atoms with Gasteiger partial charge in [0.2, 0.25) is 0 Å². The molecule has 2 rings (SSSR count). The van der Waals surface area contributed by atoms with Gasteiger partial charge in [-0.05, 0) is 29.3 Å². The van der Waals surface area contributed by atoms with Crippen LogP contribution in [0, 0.1) is 0 Å². The normalized spacial score (nSPS) is 11.1. The fraction of sp³-hybridized carbons (Fsp3) is 0.333. The van der Waals surface area contributed by atoms with Gasteiger partial charge in [-0.1, -0.05) is 12.1 Å². The Balaban J connectivity index is 2.56. The lowest BCUT2D eigenvalue weighted by molar-refractivity contribution is 0.908. The van der Waals surface area contributed by atoms with E-state index in [4.69, 9.17) is 5.73 Å². The van der Waals surface area contributed by atoms with Crippen LogP contribution >= 0.6 is 11.8 Å². The van der Waals surface area contributed by atoms with E-state index < -0.39 is 0 Å². The Morgan fingerprint density at radius 1 is 1.33 bits per heavy atom. The van der Waals surface area contributed by atoms with E-state index in [1.54, 1.807) is 0 Å². The van der Waals surface area contributed by atoms with E-state index in [9.17, 15) is 0 Å². The smallest absolute Gasteiger partial charge is 0.0483 e. The second kappa shape index (κ2) is 4.29. The van der Waals surface area contributed by atoms with Crippen LogP contribution < -0.4 is 5.73 Å². The van der Waals surface area contributed by atoms with Gasteiger partial charge in [0, 0.05) is 30.6 Å². The molecule has 0 fully saturated rings. The molecule has 1 aromatic heterocycles. The zero-order valence-corrected chi connectivity index (χ0v) is 9.97. The minimum atomic E-state index is 0.610. The van der Waals surface area contributed by atoms with Crippen molar-refractivity contribution in [2.45, 2.75) is 12.3 Å². The molecule has 0 aliphatic carbocycles. The average Bonchev–Trinajstić information content (AvgIpc) is 2.56. The van der Waals surface area contributed by atoms with Crippen LogP contribution in [-0.2, 0) is 19.3 Å². The molecule has 0 saturated heterocycles. The molecule has 0 saturated carbocycles. The number of fused-ring (bicyclic) bond motifs is 1. The van der Waals surface area contributed by atoms with Gasteiger partial charge in [0.25, 0.3) is 0 Å². The maximum Gasteiger partial charge on any atom is 0.0483 e. The minimum absolute atomic E-state index is 0.610. The number of nitrogens with zero attached hydrogens (tertiary/aromatic N) is 1. The summed E-state index contributed by atoms with van der Waals surface area (Å²) in [6.45, 7) is 0.610. The van der Waals surface area contributed by atoms with Crippen LogP contribution in [0.2, 0.25) is 0 Å². The van der Waals surface area contributed by atoms with Crippen LogP contribution in [0.15, 0.2) is 24.3 Å². The van der Waals surface area contributed by atoms with Gasteiger partial charge < -0.3 is 10.3 Å². The predicted molar refractivity (Wildman–Crippen MR) is 68.0 cm³/mol. The predicted octanol–water partition coefficient (Wildman–Crippen LogP) is 2.50. The molecule has 2 aromatic rings. The van der Waals surface area contributed by atoms with Crippen molar-refractivity contribution < 1.29 is 0 Å². The third-order valence-corrected chi connectivity index (χ3v) is 3.32. The van der Waals surface area contributed by atoms with Crippen molar-refractivity contribution >= 4 is 22.7 Å². The first-order valence-corrected chi connectivity index (χ1v) is 6.42. The Morgan fingerprint density at radius 2 is 2.13 bits per heavy atom. The average molecular weight is 220 g/mol. The first kappa shape index (κ1) is 10.6.